The molecule has 0 saturated carbocycles. The van der Waals surface area contributed by atoms with Crippen LogP contribution in [-0.2, 0) is 9.59 Å². The van der Waals surface area contributed by atoms with E-state index in [9.17, 15) is 9.59 Å². The first-order valence-corrected chi connectivity index (χ1v) is 11.0. The van der Waals surface area contributed by atoms with Gasteiger partial charge in [0.05, 0.1) is 30.7 Å². The molecule has 2 aromatic carbocycles. The zero-order valence-corrected chi connectivity index (χ0v) is 19.2. The minimum atomic E-state index is -0.320. The number of aliphatic imine (C=N–C) groups is 1. The largest absolute Gasteiger partial charge is 0.497 e. The van der Waals surface area contributed by atoms with Crippen LogP contribution in [0, 0.1) is 0 Å². The Hall–Kier alpha value is -3.23. The third kappa shape index (κ3) is 5.52. The topological polar surface area (TPSA) is 80.2 Å². The number of carbonyl (C=O) groups excluding carboxylic acids is 2. The summed E-state index contributed by atoms with van der Waals surface area (Å²) >= 11 is 7.30. The van der Waals surface area contributed by atoms with Gasteiger partial charge in [-0.25, -0.2) is 4.99 Å². The zero-order valence-electron chi connectivity index (χ0n) is 17.6. The van der Waals surface area contributed by atoms with Crippen LogP contribution in [0.15, 0.2) is 65.8 Å². The average molecular weight is 472 g/mol. The number of rotatable bonds is 8. The molecule has 0 saturated heterocycles. The Morgan fingerprint density at radius 1 is 1.22 bits per heavy atom. The minimum absolute atomic E-state index is 0.0942. The maximum atomic E-state index is 13.3. The molecule has 0 bridgehead atoms. The van der Waals surface area contributed by atoms with Crippen molar-refractivity contribution in [1.29, 1.82) is 0 Å². The molecule has 2 aromatic rings. The lowest BCUT2D eigenvalue weighted by molar-refractivity contribution is -0.118. The second kappa shape index (κ2) is 10.9. The Labute approximate surface area is 195 Å². The van der Waals surface area contributed by atoms with E-state index in [1.54, 1.807) is 49.6 Å². The Bertz CT molecular complexity index is 1080. The molecule has 3 rings (SSSR count). The summed E-state index contributed by atoms with van der Waals surface area (Å²) < 4.78 is 10.5. The summed E-state index contributed by atoms with van der Waals surface area (Å²) in [6.45, 7) is 3.95. The molecule has 1 aliphatic heterocycles. The molecule has 32 heavy (non-hydrogen) atoms. The zero-order chi connectivity index (χ0) is 23.1. The van der Waals surface area contributed by atoms with E-state index in [0.717, 1.165) is 17.3 Å². The van der Waals surface area contributed by atoms with Crippen LogP contribution in [-0.4, -0.2) is 43.5 Å². The molecular formula is C23H22ClN3O4S. The lowest BCUT2D eigenvalue weighted by atomic mass is 10.2. The highest BCUT2D eigenvalue weighted by molar-refractivity contribution is 8.14. The maximum Gasteiger partial charge on any atom is 0.283 e. The summed E-state index contributed by atoms with van der Waals surface area (Å²) in [7, 11) is 3.09. The number of thioether (sulfide) groups is 1. The number of amides is 2. The van der Waals surface area contributed by atoms with Crippen molar-refractivity contribution in [3.8, 4) is 11.5 Å². The summed E-state index contributed by atoms with van der Waals surface area (Å²) in [5, 5.41) is 3.51. The standard InChI is InChI=1S/C23H22ClN3O4S/c1-4-11-25-21(28)14-32-23-26-19(12-15-5-8-17(30-2)9-6-15)22(29)27(23)16-7-10-18(24)20(13-16)31-3/h4-10,12-13H,1,11,14H2,2-3H3,(H,25,28)/b19-12-. The van der Waals surface area contributed by atoms with Crippen LogP contribution < -0.4 is 19.7 Å². The number of hydrogen-bond acceptors (Lipinski definition) is 6. The van der Waals surface area contributed by atoms with Crippen molar-refractivity contribution in [2.45, 2.75) is 0 Å². The molecule has 0 aliphatic carbocycles. The van der Waals surface area contributed by atoms with Crippen molar-refractivity contribution in [3.63, 3.8) is 0 Å². The fourth-order valence-electron chi connectivity index (χ4n) is 2.83. The highest BCUT2D eigenvalue weighted by atomic mass is 35.5. The molecule has 0 aromatic heterocycles. The molecule has 9 heteroatoms. The maximum absolute atomic E-state index is 13.3. The van der Waals surface area contributed by atoms with Crippen molar-refractivity contribution in [2.24, 2.45) is 4.99 Å². The van der Waals surface area contributed by atoms with E-state index >= 15 is 0 Å². The lowest BCUT2D eigenvalue weighted by Crippen LogP contribution is -2.32. The number of carbonyl (C=O) groups is 2. The van der Waals surface area contributed by atoms with E-state index in [4.69, 9.17) is 21.1 Å². The summed E-state index contributed by atoms with van der Waals surface area (Å²) in [6.07, 6.45) is 3.29. The van der Waals surface area contributed by atoms with Crippen molar-refractivity contribution in [3.05, 3.63) is 71.4 Å². The molecule has 7 nitrogen and oxygen atoms in total. The van der Waals surface area contributed by atoms with Crippen LogP contribution in [0.2, 0.25) is 5.02 Å². The fraction of sp³-hybridized carbons (Fsp3) is 0.174. The summed E-state index contributed by atoms with van der Waals surface area (Å²) in [5.41, 5.74) is 1.58. The van der Waals surface area contributed by atoms with Crippen molar-refractivity contribution >= 4 is 52.1 Å². The van der Waals surface area contributed by atoms with E-state index in [0.29, 0.717) is 33.9 Å². The second-order valence-corrected chi connectivity index (χ2v) is 7.89. The first-order valence-electron chi connectivity index (χ1n) is 9.59. The van der Waals surface area contributed by atoms with Gasteiger partial charge in [-0.1, -0.05) is 41.6 Å². The molecule has 0 radical (unpaired) electrons. The van der Waals surface area contributed by atoms with Crippen LogP contribution in [0.25, 0.3) is 6.08 Å². The highest BCUT2D eigenvalue weighted by Crippen LogP contribution is 2.34. The number of hydrogen-bond donors (Lipinski definition) is 1. The number of anilines is 1. The SMILES string of the molecule is C=CCNC(=O)CSC1=N/C(=C\c2ccc(OC)cc2)C(=O)N1c1ccc(Cl)c(OC)c1. The summed E-state index contributed by atoms with van der Waals surface area (Å²) in [5.74, 6) is 0.727. The van der Waals surface area contributed by atoms with Gasteiger partial charge < -0.3 is 14.8 Å². The normalized spacial score (nSPS) is 14.3. The molecule has 166 valence electrons. The van der Waals surface area contributed by atoms with Crippen molar-refractivity contribution in [2.75, 3.05) is 31.4 Å². The van der Waals surface area contributed by atoms with Gasteiger partial charge in [0.2, 0.25) is 5.91 Å². The van der Waals surface area contributed by atoms with Gasteiger partial charge in [0.25, 0.3) is 5.91 Å². The number of halogens is 1. The lowest BCUT2D eigenvalue weighted by Gasteiger charge is -2.18. The van der Waals surface area contributed by atoms with Crippen molar-refractivity contribution in [1.82, 2.24) is 5.32 Å². The molecule has 1 heterocycles. The molecular weight excluding hydrogens is 450 g/mol. The predicted molar refractivity (Wildman–Crippen MR) is 130 cm³/mol. The van der Waals surface area contributed by atoms with E-state index in [1.165, 1.54) is 12.0 Å². The molecule has 0 atom stereocenters. The highest BCUT2D eigenvalue weighted by Gasteiger charge is 2.32. The summed E-state index contributed by atoms with van der Waals surface area (Å²) in [4.78, 5) is 31.3. The van der Waals surface area contributed by atoms with Crippen LogP contribution in [0.4, 0.5) is 5.69 Å². The Balaban J connectivity index is 1.93. The fourth-order valence-corrected chi connectivity index (χ4v) is 3.87. The van der Waals surface area contributed by atoms with Crippen LogP contribution in [0.3, 0.4) is 0 Å². The molecule has 0 unspecified atom stereocenters. The molecule has 0 spiro atoms. The van der Waals surface area contributed by atoms with E-state index < -0.39 is 0 Å². The van der Waals surface area contributed by atoms with Crippen molar-refractivity contribution < 1.29 is 19.1 Å². The van der Waals surface area contributed by atoms with Crippen LogP contribution in [0.5, 0.6) is 11.5 Å². The first kappa shape index (κ1) is 23.4. The number of methoxy groups -OCH3 is 2. The van der Waals surface area contributed by atoms with E-state index in [-0.39, 0.29) is 23.3 Å². The first-order chi connectivity index (χ1) is 15.5. The molecule has 1 N–H and O–H groups in total. The van der Waals surface area contributed by atoms with E-state index in [2.05, 4.69) is 16.9 Å². The van der Waals surface area contributed by atoms with Gasteiger partial charge in [-0.2, -0.15) is 0 Å². The quantitative estimate of drug-likeness (QED) is 0.462. The predicted octanol–water partition coefficient (Wildman–Crippen LogP) is 4.14. The molecule has 2 amide bonds. The van der Waals surface area contributed by atoms with Gasteiger partial charge in [-0.3, -0.25) is 14.5 Å². The number of nitrogens with zero attached hydrogens (tertiary/aromatic N) is 2. The Morgan fingerprint density at radius 2 is 1.97 bits per heavy atom. The second-order valence-electron chi connectivity index (χ2n) is 6.54. The van der Waals surface area contributed by atoms with Crippen LogP contribution in [0.1, 0.15) is 5.56 Å². The smallest absolute Gasteiger partial charge is 0.283 e. The number of nitrogens with one attached hydrogen (secondary N) is 1. The monoisotopic (exact) mass is 471 g/mol. The third-order valence-corrected chi connectivity index (χ3v) is 5.67. The van der Waals surface area contributed by atoms with Gasteiger partial charge in [0.1, 0.15) is 17.2 Å². The third-order valence-electron chi connectivity index (χ3n) is 4.42. The summed E-state index contributed by atoms with van der Waals surface area (Å²) in [6, 6.07) is 12.3. The Morgan fingerprint density at radius 3 is 2.62 bits per heavy atom. The minimum Gasteiger partial charge on any atom is -0.497 e. The molecule has 1 aliphatic rings. The number of benzene rings is 2. The van der Waals surface area contributed by atoms with Crippen LogP contribution >= 0.6 is 23.4 Å². The molecule has 0 fully saturated rings. The number of amidine groups is 1. The number of ether oxygens (including phenoxy) is 2. The van der Waals surface area contributed by atoms with Gasteiger partial charge in [-0.05, 0) is 35.9 Å². The van der Waals surface area contributed by atoms with Gasteiger partial charge in [0, 0.05) is 12.6 Å². The van der Waals surface area contributed by atoms with Gasteiger partial charge in [-0.15, -0.1) is 6.58 Å². The van der Waals surface area contributed by atoms with Gasteiger partial charge in [0.15, 0.2) is 5.17 Å². The average Bonchev–Trinajstić information content (AvgIpc) is 3.12. The Kier molecular flexibility index (Phi) is 7.97. The van der Waals surface area contributed by atoms with E-state index in [1.807, 2.05) is 12.1 Å². The van der Waals surface area contributed by atoms with Gasteiger partial charge >= 0.3 is 0 Å².